The Morgan fingerprint density at radius 3 is 2.49 bits per heavy atom. The first kappa shape index (κ1) is 24.2. The van der Waals surface area contributed by atoms with Crippen molar-refractivity contribution in [3.8, 4) is 6.07 Å². The van der Waals surface area contributed by atoms with Gasteiger partial charge in [0, 0.05) is 16.3 Å². The number of carbonyl (C=O) groups excluding carboxylic acids is 2. The fourth-order valence-corrected chi connectivity index (χ4v) is 5.16. The van der Waals surface area contributed by atoms with Gasteiger partial charge in [0.15, 0.2) is 5.41 Å². The Balaban J connectivity index is 1.66. The lowest BCUT2D eigenvalue weighted by molar-refractivity contribution is -0.142. The van der Waals surface area contributed by atoms with Crippen LogP contribution in [-0.2, 0) is 37.6 Å². The van der Waals surface area contributed by atoms with Crippen LogP contribution in [0.4, 0.5) is 5.69 Å². The summed E-state index contributed by atoms with van der Waals surface area (Å²) in [6, 6.07) is 25.4. The first-order valence-electron chi connectivity index (χ1n) is 11.5. The van der Waals surface area contributed by atoms with Gasteiger partial charge in [0.2, 0.25) is 11.8 Å². The summed E-state index contributed by atoms with van der Waals surface area (Å²) in [6.45, 7) is 1.64. The van der Waals surface area contributed by atoms with Crippen molar-refractivity contribution < 1.29 is 19.1 Å². The Morgan fingerprint density at radius 1 is 1.08 bits per heavy atom. The lowest BCUT2D eigenvalue weighted by Gasteiger charge is -2.34. The van der Waals surface area contributed by atoms with Gasteiger partial charge < -0.3 is 20.1 Å². The molecule has 0 saturated carbocycles. The number of anilines is 1. The molecule has 0 fully saturated rings. The highest BCUT2D eigenvalue weighted by Crippen LogP contribution is 2.54. The van der Waals surface area contributed by atoms with E-state index < -0.39 is 17.3 Å². The minimum Gasteiger partial charge on any atom is -0.457 e. The maximum Gasteiger partial charge on any atom is 0.339 e. The standard InChI is InChI=1S/C29H22ClN3O4/c1-18-25(27(34)36-17-19-9-3-2-4-10-19)29(22(15-31)26(32)37-18)21-12-6-8-14-24(21)33(28(29)35)16-20-11-5-7-13-23(20)30/h2-14H,16-17,32H2,1H3/t29-/m1/s1. The average Bonchev–Trinajstić information content (AvgIpc) is 3.13. The Bertz CT molecular complexity index is 1520. The number of para-hydroxylation sites is 1. The van der Waals surface area contributed by atoms with Crippen LogP contribution in [-0.4, -0.2) is 11.9 Å². The molecule has 0 radical (unpaired) electrons. The van der Waals surface area contributed by atoms with Crippen LogP contribution in [0.2, 0.25) is 5.02 Å². The molecule has 184 valence electrons. The van der Waals surface area contributed by atoms with E-state index in [4.69, 9.17) is 26.8 Å². The molecule has 3 aromatic carbocycles. The van der Waals surface area contributed by atoms with Crippen molar-refractivity contribution in [1.82, 2.24) is 0 Å². The number of rotatable bonds is 5. The van der Waals surface area contributed by atoms with E-state index in [-0.39, 0.29) is 35.9 Å². The Morgan fingerprint density at radius 2 is 1.76 bits per heavy atom. The van der Waals surface area contributed by atoms with Gasteiger partial charge in [0.1, 0.15) is 29.6 Å². The summed E-state index contributed by atoms with van der Waals surface area (Å²) in [5.74, 6) is -1.42. The van der Waals surface area contributed by atoms with Gasteiger partial charge in [-0.2, -0.15) is 5.26 Å². The van der Waals surface area contributed by atoms with E-state index >= 15 is 0 Å². The molecular formula is C29H22ClN3O4. The molecule has 0 aromatic heterocycles. The van der Waals surface area contributed by atoms with E-state index in [9.17, 15) is 14.9 Å². The van der Waals surface area contributed by atoms with Gasteiger partial charge in [-0.25, -0.2) is 4.79 Å². The summed E-state index contributed by atoms with van der Waals surface area (Å²) >= 11 is 6.41. The summed E-state index contributed by atoms with van der Waals surface area (Å²) in [6.07, 6.45) is 0. The number of hydrogen-bond acceptors (Lipinski definition) is 6. The third kappa shape index (κ3) is 3.83. The summed E-state index contributed by atoms with van der Waals surface area (Å²) in [7, 11) is 0. The van der Waals surface area contributed by atoms with Crippen LogP contribution >= 0.6 is 11.6 Å². The second-order valence-corrected chi connectivity index (χ2v) is 9.10. The van der Waals surface area contributed by atoms with Gasteiger partial charge in [-0.05, 0) is 30.2 Å². The van der Waals surface area contributed by atoms with Crippen LogP contribution in [0.1, 0.15) is 23.6 Å². The number of fused-ring (bicyclic) bond motifs is 2. The highest BCUT2D eigenvalue weighted by atomic mass is 35.5. The number of allylic oxidation sites excluding steroid dienone is 1. The zero-order valence-corrected chi connectivity index (χ0v) is 20.7. The number of halogens is 1. The zero-order chi connectivity index (χ0) is 26.2. The third-order valence-corrected chi connectivity index (χ3v) is 6.96. The van der Waals surface area contributed by atoms with E-state index in [1.54, 1.807) is 36.4 Å². The molecule has 2 heterocycles. The minimum atomic E-state index is -1.83. The number of esters is 1. The van der Waals surface area contributed by atoms with Gasteiger partial charge in [-0.1, -0.05) is 78.3 Å². The smallest absolute Gasteiger partial charge is 0.339 e. The quantitative estimate of drug-likeness (QED) is 0.490. The fourth-order valence-electron chi connectivity index (χ4n) is 4.96. The molecule has 0 unspecified atom stereocenters. The molecular weight excluding hydrogens is 490 g/mol. The number of hydrogen-bond donors (Lipinski definition) is 1. The van der Waals surface area contributed by atoms with Gasteiger partial charge >= 0.3 is 5.97 Å². The van der Waals surface area contributed by atoms with Gasteiger partial charge in [-0.15, -0.1) is 0 Å². The van der Waals surface area contributed by atoms with E-state index in [2.05, 4.69) is 0 Å². The Kier molecular flexibility index (Phi) is 6.20. The van der Waals surface area contributed by atoms with Crippen LogP contribution in [0.3, 0.4) is 0 Å². The van der Waals surface area contributed by atoms with Crippen LogP contribution in [0.25, 0.3) is 0 Å². The molecule has 7 nitrogen and oxygen atoms in total. The molecule has 2 aliphatic heterocycles. The van der Waals surface area contributed by atoms with E-state index in [0.717, 1.165) is 5.56 Å². The number of nitriles is 1. The van der Waals surface area contributed by atoms with Crippen LogP contribution in [0.15, 0.2) is 102 Å². The predicted molar refractivity (Wildman–Crippen MR) is 138 cm³/mol. The molecule has 8 heteroatoms. The fraction of sp³-hybridized carbons (Fsp3) is 0.138. The monoisotopic (exact) mass is 511 g/mol. The average molecular weight is 512 g/mol. The van der Waals surface area contributed by atoms with E-state index in [1.165, 1.54) is 11.8 Å². The van der Waals surface area contributed by atoms with Crippen molar-refractivity contribution >= 4 is 29.2 Å². The molecule has 0 saturated heterocycles. The molecule has 1 atom stereocenters. The van der Waals surface area contributed by atoms with Crippen LogP contribution in [0, 0.1) is 11.3 Å². The predicted octanol–water partition coefficient (Wildman–Crippen LogP) is 4.87. The summed E-state index contributed by atoms with van der Waals surface area (Å²) in [5.41, 5.74) is 6.56. The van der Waals surface area contributed by atoms with E-state index in [1.807, 2.05) is 48.5 Å². The highest BCUT2D eigenvalue weighted by Gasteiger charge is 2.62. The van der Waals surface area contributed by atoms with Gasteiger partial charge in [-0.3, -0.25) is 4.79 Å². The second kappa shape index (κ2) is 9.49. The molecule has 5 rings (SSSR count). The van der Waals surface area contributed by atoms with Crippen LogP contribution in [0.5, 0.6) is 0 Å². The first-order chi connectivity index (χ1) is 17.9. The number of amides is 1. The normalized spacial score (nSPS) is 18.5. The number of ether oxygens (including phenoxy) is 2. The highest BCUT2D eigenvalue weighted by molar-refractivity contribution is 6.31. The number of carbonyl (C=O) groups is 2. The lowest BCUT2D eigenvalue weighted by Crippen LogP contribution is -2.48. The maximum atomic E-state index is 14.4. The summed E-state index contributed by atoms with van der Waals surface area (Å²) < 4.78 is 11.3. The Labute approximate surface area is 219 Å². The second-order valence-electron chi connectivity index (χ2n) is 8.70. The summed E-state index contributed by atoms with van der Waals surface area (Å²) in [4.78, 5) is 29.6. The van der Waals surface area contributed by atoms with Crippen molar-refractivity contribution in [2.24, 2.45) is 5.73 Å². The summed E-state index contributed by atoms with van der Waals surface area (Å²) in [5, 5.41) is 10.7. The molecule has 1 spiro atoms. The molecule has 2 N–H and O–H groups in total. The topological polar surface area (TPSA) is 106 Å². The van der Waals surface area contributed by atoms with Crippen molar-refractivity contribution in [2.75, 3.05) is 4.90 Å². The van der Waals surface area contributed by atoms with Gasteiger partial charge in [0.05, 0.1) is 6.54 Å². The van der Waals surface area contributed by atoms with Crippen molar-refractivity contribution in [2.45, 2.75) is 25.5 Å². The van der Waals surface area contributed by atoms with E-state index in [0.29, 0.717) is 21.8 Å². The van der Waals surface area contributed by atoms with Crippen molar-refractivity contribution in [1.29, 1.82) is 5.26 Å². The minimum absolute atomic E-state index is 0.0210. The molecule has 1 amide bonds. The maximum absolute atomic E-state index is 14.4. The first-order valence-corrected chi connectivity index (χ1v) is 11.9. The van der Waals surface area contributed by atoms with Crippen molar-refractivity contribution in [3.05, 3.63) is 123 Å². The third-order valence-electron chi connectivity index (χ3n) is 6.59. The molecule has 2 aliphatic rings. The number of benzene rings is 3. The molecule has 0 bridgehead atoms. The van der Waals surface area contributed by atoms with Gasteiger partial charge in [0.25, 0.3) is 0 Å². The zero-order valence-electron chi connectivity index (χ0n) is 19.9. The lowest BCUT2D eigenvalue weighted by atomic mass is 9.68. The number of nitrogens with zero attached hydrogens (tertiary/aromatic N) is 2. The van der Waals surface area contributed by atoms with Crippen LogP contribution < -0.4 is 10.6 Å². The van der Waals surface area contributed by atoms with Crippen molar-refractivity contribution in [3.63, 3.8) is 0 Å². The molecule has 37 heavy (non-hydrogen) atoms. The largest absolute Gasteiger partial charge is 0.457 e. The Hall–Kier alpha value is -4.54. The molecule has 0 aliphatic carbocycles. The number of nitrogens with two attached hydrogens (primary N) is 1. The molecule has 3 aromatic rings. The SMILES string of the molecule is CC1=C(C(=O)OCc2ccccc2)[C@]2(C(=O)N(Cc3ccccc3Cl)c3ccccc32)C(C#N)=C(N)O1.